The van der Waals surface area contributed by atoms with E-state index in [1.165, 1.54) is 18.2 Å². The number of fused-ring (bicyclic) bond motifs is 2. The Balaban J connectivity index is 1.65. The van der Waals surface area contributed by atoms with Gasteiger partial charge in [0, 0.05) is 30.4 Å². The maximum absolute atomic E-state index is 12.9. The highest BCUT2D eigenvalue weighted by atomic mass is 16.5. The summed E-state index contributed by atoms with van der Waals surface area (Å²) in [6.07, 6.45) is 5.36. The zero-order valence-corrected chi connectivity index (χ0v) is 16.0. The lowest BCUT2D eigenvalue weighted by atomic mass is 10.0. The van der Waals surface area contributed by atoms with Crippen LogP contribution in [0, 0.1) is 0 Å². The second-order valence-corrected chi connectivity index (χ2v) is 7.07. The number of nitrogens with zero attached hydrogens (tertiary/aromatic N) is 2. The number of aryl methyl sites for hydroxylation is 1. The first-order valence-corrected chi connectivity index (χ1v) is 9.34. The molecule has 0 saturated carbocycles. The van der Waals surface area contributed by atoms with Crippen LogP contribution >= 0.6 is 0 Å². The molecule has 4 aromatic rings. The van der Waals surface area contributed by atoms with Crippen LogP contribution in [0.4, 0.5) is 0 Å². The summed E-state index contributed by atoms with van der Waals surface area (Å²) in [6.45, 7) is 0. The number of allylic oxidation sites excluding steroid dienone is 1. The highest BCUT2D eigenvalue weighted by Crippen LogP contribution is 2.36. The number of carbonyl (C=O) groups is 2. The third kappa shape index (κ3) is 2.78. The first kappa shape index (κ1) is 17.9. The Hall–Kier alpha value is -4.19. The quantitative estimate of drug-likeness (QED) is 0.514. The molecule has 0 spiro atoms. The summed E-state index contributed by atoms with van der Waals surface area (Å²) in [4.78, 5) is 28.6. The molecular formula is C24H16N2O4. The van der Waals surface area contributed by atoms with Crippen molar-refractivity contribution in [3.05, 3.63) is 89.4 Å². The van der Waals surface area contributed by atoms with Crippen molar-refractivity contribution in [1.82, 2.24) is 9.55 Å². The first-order valence-electron chi connectivity index (χ1n) is 9.34. The van der Waals surface area contributed by atoms with Gasteiger partial charge in [-0.25, -0.2) is 9.78 Å². The van der Waals surface area contributed by atoms with Crippen LogP contribution in [0.1, 0.15) is 26.3 Å². The van der Waals surface area contributed by atoms with Gasteiger partial charge < -0.3 is 14.4 Å². The monoisotopic (exact) mass is 396 g/mol. The van der Waals surface area contributed by atoms with Gasteiger partial charge in [0.1, 0.15) is 11.4 Å². The summed E-state index contributed by atoms with van der Waals surface area (Å²) >= 11 is 0. The van der Waals surface area contributed by atoms with Crippen molar-refractivity contribution >= 4 is 28.9 Å². The van der Waals surface area contributed by atoms with Gasteiger partial charge in [0.15, 0.2) is 5.76 Å². The van der Waals surface area contributed by atoms with E-state index >= 15 is 0 Å². The number of ketones is 1. The maximum Gasteiger partial charge on any atom is 0.335 e. The number of aromatic nitrogens is 2. The second kappa shape index (κ2) is 6.70. The van der Waals surface area contributed by atoms with Gasteiger partial charge in [-0.2, -0.15) is 0 Å². The van der Waals surface area contributed by atoms with Crippen LogP contribution in [0.25, 0.3) is 28.2 Å². The Morgan fingerprint density at radius 1 is 1.10 bits per heavy atom. The van der Waals surface area contributed by atoms with Crippen LogP contribution in [0.3, 0.4) is 0 Å². The van der Waals surface area contributed by atoms with Crippen molar-refractivity contribution in [2.75, 3.05) is 0 Å². The average molecular weight is 396 g/mol. The fourth-order valence-corrected chi connectivity index (χ4v) is 3.77. The van der Waals surface area contributed by atoms with Gasteiger partial charge >= 0.3 is 5.97 Å². The zero-order chi connectivity index (χ0) is 20.8. The molecule has 6 heteroatoms. The minimum Gasteiger partial charge on any atom is -0.478 e. The summed E-state index contributed by atoms with van der Waals surface area (Å²) in [7, 11) is 1.90. The summed E-state index contributed by atoms with van der Waals surface area (Å²) in [5.74, 6) is -0.910. The van der Waals surface area contributed by atoms with Crippen LogP contribution < -0.4 is 4.74 Å². The molecule has 2 aromatic carbocycles. The minimum absolute atomic E-state index is 0.0488. The zero-order valence-electron chi connectivity index (χ0n) is 16.0. The number of hydrogen-bond donors (Lipinski definition) is 1. The SMILES string of the molecule is Cn1cc(C=C2Oc3ccc(C(=O)O)cc3C2=O)c2c(-c3ccccc3)ccnc21. The Morgan fingerprint density at radius 2 is 1.90 bits per heavy atom. The Labute approximate surface area is 171 Å². The first-order chi connectivity index (χ1) is 14.5. The molecule has 2 aromatic heterocycles. The fraction of sp³-hybridized carbons (Fsp3) is 0.0417. The number of carboxylic acids is 1. The van der Waals surface area contributed by atoms with Crippen molar-refractivity contribution < 1.29 is 19.4 Å². The van der Waals surface area contributed by atoms with Crippen LogP contribution in [0.5, 0.6) is 5.75 Å². The van der Waals surface area contributed by atoms with Crippen molar-refractivity contribution in [3.8, 4) is 16.9 Å². The largest absolute Gasteiger partial charge is 0.478 e. The number of carboxylic acid groups (broad SMARTS) is 1. The van der Waals surface area contributed by atoms with Crippen LogP contribution in [0.2, 0.25) is 0 Å². The van der Waals surface area contributed by atoms with E-state index in [1.807, 2.05) is 54.2 Å². The van der Waals surface area contributed by atoms with Gasteiger partial charge in [-0.1, -0.05) is 30.3 Å². The number of benzene rings is 2. The van der Waals surface area contributed by atoms with E-state index in [-0.39, 0.29) is 22.7 Å². The molecule has 1 aliphatic heterocycles. The molecule has 0 unspecified atom stereocenters. The molecule has 0 saturated heterocycles. The summed E-state index contributed by atoms with van der Waals surface area (Å²) < 4.78 is 7.66. The number of carbonyl (C=O) groups excluding carboxylic acids is 1. The molecule has 1 aliphatic rings. The molecule has 5 rings (SSSR count). The summed E-state index contributed by atoms with van der Waals surface area (Å²) in [5, 5.41) is 10.1. The normalized spacial score (nSPS) is 14.2. The Kier molecular flexibility index (Phi) is 3.99. The molecule has 3 heterocycles. The number of Topliss-reactive ketones (excluding diaryl/α,β-unsaturated/α-hetero) is 1. The van der Waals surface area contributed by atoms with Gasteiger partial charge in [0.25, 0.3) is 0 Å². The lowest BCUT2D eigenvalue weighted by Crippen LogP contribution is -2.00. The standard InChI is InChI=1S/C24H16N2O4/c1-26-13-16(21-17(9-10-25-23(21)26)14-5-3-2-4-6-14)12-20-22(27)18-11-15(24(28)29)7-8-19(18)30-20/h2-13H,1H3,(H,28,29). The van der Waals surface area contributed by atoms with Crippen LogP contribution in [-0.4, -0.2) is 26.4 Å². The number of ether oxygens (including phenoxy) is 1. The van der Waals surface area contributed by atoms with Crippen molar-refractivity contribution in [2.24, 2.45) is 7.05 Å². The summed E-state index contributed by atoms with van der Waals surface area (Å²) in [6, 6.07) is 16.2. The third-order valence-electron chi connectivity index (χ3n) is 5.17. The van der Waals surface area contributed by atoms with Gasteiger partial charge in [0.2, 0.25) is 5.78 Å². The molecule has 0 atom stereocenters. The molecule has 0 radical (unpaired) electrons. The number of hydrogen-bond acceptors (Lipinski definition) is 4. The van der Waals surface area contributed by atoms with Crippen molar-refractivity contribution in [3.63, 3.8) is 0 Å². The van der Waals surface area contributed by atoms with E-state index in [4.69, 9.17) is 4.74 Å². The summed E-state index contributed by atoms with van der Waals surface area (Å²) in [5.41, 5.74) is 3.94. The van der Waals surface area contributed by atoms with Gasteiger partial charge in [-0.3, -0.25) is 4.79 Å². The van der Waals surface area contributed by atoms with E-state index in [0.29, 0.717) is 5.75 Å². The van der Waals surface area contributed by atoms with Gasteiger partial charge in [-0.15, -0.1) is 0 Å². The molecule has 30 heavy (non-hydrogen) atoms. The van der Waals surface area contributed by atoms with E-state index in [0.717, 1.165) is 27.7 Å². The molecule has 146 valence electrons. The highest BCUT2D eigenvalue weighted by Gasteiger charge is 2.29. The Bertz CT molecular complexity index is 1370. The fourth-order valence-electron chi connectivity index (χ4n) is 3.77. The molecule has 6 nitrogen and oxygen atoms in total. The molecule has 1 N–H and O–H groups in total. The third-order valence-corrected chi connectivity index (χ3v) is 5.17. The number of rotatable bonds is 3. The molecule has 0 aliphatic carbocycles. The number of aromatic carboxylic acids is 1. The molecule has 0 fully saturated rings. The van der Waals surface area contributed by atoms with Crippen molar-refractivity contribution in [2.45, 2.75) is 0 Å². The van der Waals surface area contributed by atoms with Crippen LogP contribution in [0.15, 0.2) is 72.8 Å². The predicted octanol–water partition coefficient (Wildman–Crippen LogP) is 4.55. The number of pyridine rings is 1. The van der Waals surface area contributed by atoms with Gasteiger partial charge in [-0.05, 0) is 41.5 Å². The molecule has 0 bridgehead atoms. The van der Waals surface area contributed by atoms with E-state index in [9.17, 15) is 14.7 Å². The lowest BCUT2D eigenvalue weighted by molar-refractivity contribution is 0.0697. The van der Waals surface area contributed by atoms with Gasteiger partial charge in [0.05, 0.1) is 11.1 Å². The van der Waals surface area contributed by atoms with E-state index in [1.54, 1.807) is 12.3 Å². The van der Waals surface area contributed by atoms with E-state index in [2.05, 4.69) is 4.98 Å². The maximum atomic E-state index is 12.9. The molecular weight excluding hydrogens is 380 g/mol. The Morgan fingerprint density at radius 3 is 2.67 bits per heavy atom. The smallest absolute Gasteiger partial charge is 0.335 e. The predicted molar refractivity (Wildman–Crippen MR) is 112 cm³/mol. The van der Waals surface area contributed by atoms with Crippen LogP contribution in [-0.2, 0) is 7.05 Å². The minimum atomic E-state index is -1.09. The highest BCUT2D eigenvalue weighted by molar-refractivity contribution is 6.16. The topological polar surface area (TPSA) is 81.4 Å². The molecule has 0 amide bonds. The second-order valence-electron chi connectivity index (χ2n) is 7.07. The van der Waals surface area contributed by atoms with E-state index < -0.39 is 5.97 Å². The van der Waals surface area contributed by atoms with Crippen molar-refractivity contribution in [1.29, 1.82) is 0 Å². The average Bonchev–Trinajstić information content (AvgIpc) is 3.25. The lowest BCUT2D eigenvalue weighted by Gasteiger charge is -2.05.